The molecule has 0 unspecified atom stereocenters. The molecule has 0 fully saturated rings. The van der Waals surface area contributed by atoms with Gasteiger partial charge >= 0.3 is 19.2 Å². The molecule has 0 spiro atoms. The topological polar surface area (TPSA) is 83.6 Å². The van der Waals surface area contributed by atoms with E-state index in [4.69, 9.17) is 10.0 Å². The molecular formula is C11H11BF5NO3. The molecular weight excluding hydrogens is 300 g/mol. The van der Waals surface area contributed by atoms with Crippen LogP contribution in [0.5, 0.6) is 0 Å². The Bertz CT molecular complexity index is 488. The van der Waals surface area contributed by atoms with Crippen LogP contribution in [0.4, 0.5) is 22.0 Å². The van der Waals surface area contributed by atoms with Crippen molar-refractivity contribution in [3.05, 3.63) is 42.5 Å². The number of amides is 1. The van der Waals surface area contributed by atoms with Gasteiger partial charge in [0.05, 0.1) is 0 Å². The Morgan fingerprint density at radius 2 is 1.52 bits per heavy atom. The average Bonchev–Trinajstić information content (AvgIpc) is 2.38. The molecule has 116 valence electrons. The number of halogens is 5. The van der Waals surface area contributed by atoms with Crippen LogP contribution < -0.4 is 11.2 Å². The predicted molar refractivity (Wildman–Crippen MR) is 65.6 cm³/mol. The molecule has 4 N–H and O–H groups in total. The summed E-state index contributed by atoms with van der Waals surface area (Å²) in [5.41, 5.74) is 3.12. The van der Waals surface area contributed by atoms with E-state index >= 15 is 0 Å². The van der Waals surface area contributed by atoms with E-state index in [0.717, 1.165) is 18.2 Å². The van der Waals surface area contributed by atoms with Crippen molar-refractivity contribution in [1.29, 1.82) is 0 Å². The first-order valence-corrected chi connectivity index (χ1v) is 5.26. The van der Waals surface area contributed by atoms with Crippen LogP contribution in [-0.2, 0) is 10.7 Å². The molecule has 10 heteroatoms. The standard InChI is InChI=1S/C8H6BF5O2.C3H5NO/c10-7(11,8(12,13)14)5-1-3-6(4-2-5)9(15)16;1-2-3(4)5/h1-4,15-16H;2H,1H2,(H2,4,5). The van der Waals surface area contributed by atoms with Crippen molar-refractivity contribution in [3.8, 4) is 0 Å². The number of rotatable bonds is 3. The number of primary amides is 1. The summed E-state index contributed by atoms with van der Waals surface area (Å²) in [6.07, 6.45) is -4.62. The van der Waals surface area contributed by atoms with E-state index in [2.05, 4.69) is 12.3 Å². The Kier molecular flexibility index (Phi) is 6.52. The Morgan fingerprint density at radius 1 is 1.14 bits per heavy atom. The second-order valence-electron chi connectivity index (χ2n) is 3.67. The number of carbonyl (C=O) groups is 1. The maximum absolute atomic E-state index is 12.7. The second kappa shape index (κ2) is 7.18. The first kappa shape index (κ1) is 19.1. The lowest BCUT2D eigenvalue weighted by Crippen LogP contribution is -2.35. The number of hydrogen-bond acceptors (Lipinski definition) is 3. The lowest BCUT2D eigenvalue weighted by Gasteiger charge is -2.19. The molecule has 0 saturated heterocycles. The molecule has 0 aliphatic rings. The summed E-state index contributed by atoms with van der Waals surface area (Å²) >= 11 is 0. The maximum atomic E-state index is 12.7. The summed E-state index contributed by atoms with van der Waals surface area (Å²) in [4.78, 5) is 9.47. The molecule has 0 heterocycles. The van der Waals surface area contributed by atoms with Crippen LogP contribution in [-0.4, -0.2) is 29.2 Å². The van der Waals surface area contributed by atoms with E-state index in [1.54, 1.807) is 0 Å². The van der Waals surface area contributed by atoms with E-state index < -0.39 is 30.7 Å². The average molecular weight is 311 g/mol. The summed E-state index contributed by atoms with van der Waals surface area (Å²) < 4.78 is 61.3. The third-order valence-corrected chi connectivity index (χ3v) is 2.13. The fraction of sp³-hybridized carbons (Fsp3) is 0.182. The molecule has 1 amide bonds. The number of alkyl halides is 5. The van der Waals surface area contributed by atoms with Gasteiger partial charge in [0, 0.05) is 5.56 Å². The molecule has 21 heavy (non-hydrogen) atoms. The van der Waals surface area contributed by atoms with E-state index in [-0.39, 0.29) is 5.46 Å². The van der Waals surface area contributed by atoms with Gasteiger partial charge in [-0.1, -0.05) is 30.8 Å². The van der Waals surface area contributed by atoms with Gasteiger partial charge in [-0.15, -0.1) is 0 Å². The maximum Gasteiger partial charge on any atom is 0.488 e. The van der Waals surface area contributed by atoms with Crippen molar-refractivity contribution in [2.24, 2.45) is 5.73 Å². The van der Waals surface area contributed by atoms with Crippen LogP contribution in [0.1, 0.15) is 5.56 Å². The zero-order valence-electron chi connectivity index (χ0n) is 10.4. The minimum absolute atomic E-state index is 0.165. The summed E-state index contributed by atoms with van der Waals surface area (Å²) in [6.45, 7) is 3.09. The highest BCUT2D eigenvalue weighted by Crippen LogP contribution is 2.43. The van der Waals surface area contributed by atoms with Crippen molar-refractivity contribution < 1.29 is 36.8 Å². The zero-order chi connectivity index (χ0) is 16.8. The van der Waals surface area contributed by atoms with Gasteiger partial charge in [-0.3, -0.25) is 4.79 Å². The monoisotopic (exact) mass is 311 g/mol. The van der Waals surface area contributed by atoms with Crippen molar-refractivity contribution >= 4 is 18.5 Å². The summed E-state index contributed by atoms with van der Waals surface area (Å²) in [7, 11) is -1.91. The molecule has 4 nitrogen and oxygen atoms in total. The fourth-order valence-electron chi connectivity index (χ4n) is 1.03. The Labute approximate surface area is 116 Å². The van der Waals surface area contributed by atoms with Crippen LogP contribution >= 0.6 is 0 Å². The van der Waals surface area contributed by atoms with Crippen molar-refractivity contribution in [2.75, 3.05) is 0 Å². The minimum Gasteiger partial charge on any atom is -0.423 e. The lowest BCUT2D eigenvalue weighted by molar-refractivity contribution is -0.289. The van der Waals surface area contributed by atoms with Crippen molar-refractivity contribution in [1.82, 2.24) is 0 Å². The second-order valence-corrected chi connectivity index (χ2v) is 3.67. The zero-order valence-corrected chi connectivity index (χ0v) is 10.4. The third kappa shape index (κ3) is 5.52. The largest absolute Gasteiger partial charge is 0.488 e. The molecule has 0 aromatic heterocycles. The quantitative estimate of drug-likeness (QED) is 0.436. The molecule has 0 atom stereocenters. The van der Waals surface area contributed by atoms with Crippen LogP contribution in [0, 0.1) is 0 Å². The van der Waals surface area contributed by atoms with Crippen molar-refractivity contribution in [3.63, 3.8) is 0 Å². The molecule has 0 saturated carbocycles. The van der Waals surface area contributed by atoms with Crippen molar-refractivity contribution in [2.45, 2.75) is 12.1 Å². The van der Waals surface area contributed by atoms with Crippen LogP contribution in [0.2, 0.25) is 0 Å². The highest BCUT2D eigenvalue weighted by molar-refractivity contribution is 6.58. The van der Waals surface area contributed by atoms with E-state index in [9.17, 15) is 26.7 Å². The van der Waals surface area contributed by atoms with Gasteiger partial charge in [0.1, 0.15) is 0 Å². The molecule has 0 radical (unpaired) electrons. The Balaban J connectivity index is 0.000000690. The van der Waals surface area contributed by atoms with E-state index in [0.29, 0.717) is 12.1 Å². The fourth-order valence-corrected chi connectivity index (χ4v) is 1.03. The molecule has 0 aliphatic carbocycles. The normalized spacial score (nSPS) is 11.2. The highest BCUT2D eigenvalue weighted by atomic mass is 19.4. The smallest absolute Gasteiger partial charge is 0.423 e. The summed E-state index contributed by atoms with van der Waals surface area (Å²) in [5.74, 6) is -5.43. The summed E-state index contributed by atoms with van der Waals surface area (Å²) in [5, 5.41) is 17.2. The molecule has 1 aromatic rings. The van der Waals surface area contributed by atoms with Gasteiger partial charge in [-0.25, -0.2) is 0 Å². The van der Waals surface area contributed by atoms with Gasteiger partial charge in [0.2, 0.25) is 5.91 Å². The Hall–Kier alpha value is -1.94. The van der Waals surface area contributed by atoms with Crippen LogP contribution in [0.25, 0.3) is 0 Å². The van der Waals surface area contributed by atoms with E-state index in [1.807, 2.05) is 0 Å². The van der Waals surface area contributed by atoms with Gasteiger partial charge in [-0.05, 0) is 11.5 Å². The van der Waals surface area contributed by atoms with Gasteiger partial charge in [0.15, 0.2) is 0 Å². The van der Waals surface area contributed by atoms with Crippen LogP contribution in [0.3, 0.4) is 0 Å². The number of hydrogen-bond donors (Lipinski definition) is 3. The number of nitrogens with two attached hydrogens (primary N) is 1. The number of carbonyl (C=O) groups excluding carboxylic acids is 1. The predicted octanol–water partition coefficient (Wildman–Crippen LogP) is 0.678. The first-order valence-electron chi connectivity index (χ1n) is 5.26. The molecule has 1 aromatic carbocycles. The molecule has 0 aliphatic heterocycles. The molecule has 1 rings (SSSR count). The van der Waals surface area contributed by atoms with Crippen LogP contribution in [0.15, 0.2) is 36.9 Å². The summed E-state index contributed by atoms with van der Waals surface area (Å²) in [6, 6.07) is 2.59. The molecule has 0 bridgehead atoms. The van der Waals surface area contributed by atoms with E-state index in [1.165, 1.54) is 0 Å². The lowest BCUT2D eigenvalue weighted by atomic mass is 9.80. The first-order chi connectivity index (χ1) is 9.43. The minimum atomic E-state index is -5.67. The third-order valence-electron chi connectivity index (χ3n) is 2.13. The van der Waals surface area contributed by atoms with Gasteiger partial charge < -0.3 is 15.8 Å². The van der Waals surface area contributed by atoms with Gasteiger partial charge in [0.25, 0.3) is 0 Å². The van der Waals surface area contributed by atoms with Gasteiger partial charge in [-0.2, -0.15) is 22.0 Å². The highest BCUT2D eigenvalue weighted by Gasteiger charge is 2.58. The number of benzene rings is 1. The SMILES string of the molecule is C=CC(N)=O.OB(O)c1ccc(C(F)(F)C(F)(F)F)cc1. The Morgan fingerprint density at radius 3 is 1.76 bits per heavy atom.